The minimum atomic E-state index is 0. The molecule has 1 heterocycles. The molecule has 1 aromatic rings. The van der Waals surface area contributed by atoms with E-state index in [0.717, 1.165) is 31.5 Å². The van der Waals surface area contributed by atoms with E-state index in [1.165, 1.54) is 24.0 Å². The van der Waals surface area contributed by atoms with E-state index in [-0.39, 0.29) is 30.1 Å². The fraction of sp³-hybridized carbons (Fsp3) is 0.600. The summed E-state index contributed by atoms with van der Waals surface area (Å²) in [6, 6.07) is 6.58. The molecule has 5 heteroatoms. The van der Waals surface area contributed by atoms with E-state index in [0.29, 0.717) is 18.9 Å². The molecule has 2 atom stereocenters. The number of Topliss-reactive ketones (excluding diaryl/α,β-unsaturated/α-hetero) is 1. The van der Waals surface area contributed by atoms with Crippen LogP contribution in [0.4, 0.5) is 0 Å². The maximum Gasteiger partial charge on any atom is 0.223 e. The first-order chi connectivity index (χ1) is 11.6. The standard InChI is InChI=1S/C20H28N2O2.ClH/c1-14-15(2)22(12-11-21-14)20(24)10-9-19(23)18-8-7-16-5-3-4-6-17(16)13-18;/h7-8,13-15,21H,3-6,9-12H2,1-2H3;1H. The molecule has 1 saturated heterocycles. The highest BCUT2D eigenvalue weighted by Crippen LogP contribution is 2.23. The lowest BCUT2D eigenvalue weighted by molar-refractivity contribution is -0.134. The third-order valence-corrected chi connectivity index (χ3v) is 5.59. The van der Waals surface area contributed by atoms with Gasteiger partial charge < -0.3 is 10.2 Å². The van der Waals surface area contributed by atoms with Crippen LogP contribution >= 0.6 is 12.4 Å². The molecule has 0 saturated carbocycles. The molecule has 0 aromatic heterocycles. The van der Waals surface area contributed by atoms with Crippen molar-refractivity contribution in [1.82, 2.24) is 10.2 Å². The Kier molecular flexibility index (Phi) is 7.03. The van der Waals surface area contributed by atoms with Gasteiger partial charge in [0.25, 0.3) is 0 Å². The van der Waals surface area contributed by atoms with Crippen molar-refractivity contribution in [1.29, 1.82) is 0 Å². The Morgan fingerprint density at radius 1 is 1.12 bits per heavy atom. The first-order valence-electron chi connectivity index (χ1n) is 9.24. The van der Waals surface area contributed by atoms with Crippen LogP contribution in [0.5, 0.6) is 0 Å². The summed E-state index contributed by atoms with van der Waals surface area (Å²) in [5, 5.41) is 3.38. The molecular weight excluding hydrogens is 336 g/mol. The number of amides is 1. The number of hydrogen-bond donors (Lipinski definition) is 1. The monoisotopic (exact) mass is 364 g/mol. The number of rotatable bonds is 4. The van der Waals surface area contributed by atoms with Gasteiger partial charge in [0, 0.05) is 43.6 Å². The third kappa shape index (κ3) is 4.62. The van der Waals surface area contributed by atoms with E-state index in [4.69, 9.17) is 0 Å². The Hall–Kier alpha value is -1.39. The molecule has 2 aliphatic rings. The molecule has 0 bridgehead atoms. The van der Waals surface area contributed by atoms with Gasteiger partial charge in [0.2, 0.25) is 5.91 Å². The fourth-order valence-electron chi connectivity index (χ4n) is 3.82. The van der Waals surface area contributed by atoms with Crippen LogP contribution in [0.3, 0.4) is 0 Å². The van der Waals surface area contributed by atoms with Gasteiger partial charge in [-0.05, 0) is 56.7 Å². The minimum Gasteiger partial charge on any atom is -0.337 e. The summed E-state index contributed by atoms with van der Waals surface area (Å²) < 4.78 is 0. The molecule has 1 N–H and O–H groups in total. The van der Waals surface area contributed by atoms with Crippen molar-refractivity contribution in [2.24, 2.45) is 0 Å². The molecule has 3 rings (SSSR count). The number of benzene rings is 1. The number of aryl methyl sites for hydroxylation is 2. The summed E-state index contributed by atoms with van der Waals surface area (Å²) in [5.41, 5.74) is 3.48. The van der Waals surface area contributed by atoms with Crippen LogP contribution in [0, 0.1) is 0 Å². The molecule has 1 aromatic carbocycles. The smallest absolute Gasteiger partial charge is 0.223 e. The van der Waals surface area contributed by atoms with Crippen molar-refractivity contribution >= 4 is 24.1 Å². The summed E-state index contributed by atoms with van der Waals surface area (Å²) in [4.78, 5) is 26.9. The molecule has 0 spiro atoms. The van der Waals surface area contributed by atoms with Crippen LogP contribution in [0.25, 0.3) is 0 Å². The number of hydrogen-bond acceptors (Lipinski definition) is 3. The van der Waals surface area contributed by atoms with Gasteiger partial charge in [-0.25, -0.2) is 0 Å². The highest BCUT2D eigenvalue weighted by Gasteiger charge is 2.28. The maximum atomic E-state index is 12.5. The lowest BCUT2D eigenvalue weighted by atomic mass is 9.89. The van der Waals surface area contributed by atoms with Crippen LogP contribution < -0.4 is 5.32 Å². The molecule has 1 fully saturated rings. The van der Waals surface area contributed by atoms with Gasteiger partial charge in [-0.15, -0.1) is 12.4 Å². The number of fused-ring (bicyclic) bond motifs is 1. The number of nitrogens with zero attached hydrogens (tertiary/aromatic N) is 1. The van der Waals surface area contributed by atoms with Crippen molar-refractivity contribution in [2.45, 2.75) is 64.5 Å². The molecule has 1 aliphatic carbocycles. The number of piperazine rings is 1. The topological polar surface area (TPSA) is 49.4 Å². The van der Waals surface area contributed by atoms with Gasteiger partial charge in [-0.1, -0.05) is 12.1 Å². The second-order valence-electron chi connectivity index (χ2n) is 7.18. The van der Waals surface area contributed by atoms with Crippen molar-refractivity contribution in [3.05, 3.63) is 34.9 Å². The number of nitrogens with one attached hydrogen (secondary N) is 1. The summed E-state index contributed by atoms with van der Waals surface area (Å²) in [6.45, 7) is 5.73. The predicted octanol–water partition coefficient (Wildman–Crippen LogP) is 3.16. The molecule has 25 heavy (non-hydrogen) atoms. The Bertz CT molecular complexity index is 632. The van der Waals surface area contributed by atoms with Gasteiger partial charge in [0.05, 0.1) is 0 Å². The first kappa shape index (κ1) is 19.9. The normalized spacial score (nSPS) is 22.7. The summed E-state index contributed by atoms with van der Waals surface area (Å²) in [6.07, 6.45) is 5.28. The number of carbonyl (C=O) groups excluding carboxylic acids is 2. The molecule has 1 aliphatic heterocycles. The van der Waals surface area contributed by atoms with Crippen LogP contribution in [0.2, 0.25) is 0 Å². The van der Waals surface area contributed by atoms with Crippen molar-refractivity contribution in [3.63, 3.8) is 0 Å². The van der Waals surface area contributed by atoms with E-state index in [2.05, 4.69) is 31.3 Å². The molecule has 4 nitrogen and oxygen atoms in total. The lowest BCUT2D eigenvalue weighted by Crippen LogP contribution is -2.57. The molecule has 0 radical (unpaired) electrons. The van der Waals surface area contributed by atoms with Crippen molar-refractivity contribution < 1.29 is 9.59 Å². The number of carbonyl (C=O) groups is 2. The van der Waals surface area contributed by atoms with Crippen LogP contribution in [-0.2, 0) is 17.6 Å². The van der Waals surface area contributed by atoms with Gasteiger partial charge in [-0.3, -0.25) is 9.59 Å². The highest BCUT2D eigenvalue weighted by atomic mass is 35.5. The lowest BCUT2D eigenvalue weighted by Gasteiger charge is -2.38. The van der Waals surface area contributed by atoms with Gasteiger partial charge in [0.15, 0.2) is 5.78 Å². The van der Waals surface area contributed by atoms with Gasteiger partial charge in [-0.2, -0.15) is 0 Å². The van der Waals surface area contributed by atoms with Crippen LogP contribution in [0.15, 0.2) is 18.2 Å². The van der Waals surface area contributed by atoms with E-state index in [9.17, 15) is 9.59 Å². The zero-order chi connectivity index (χ0) is 17.1. The summed E-state index contributed by atoms with van der Waals surface area (Å²) in [5.74, 6) is 0.190. The van der Waals surface area contributed by atoms with Crippen molar-refractivity contribution in [2.75, 3.05) is 13.1 Å². The quantitative estimate of drug-likeness (QED) is 0.835. The van der Waals surface area contributed by atoms with Gasteiger partial charge >= 0.3 is 0 Å². The van der Waals surface area contributed by atoms with E-state index >= 15 is 0 Å². The Balaban J connectivity index is 0.00000225. The Morgan fingerprint density at radius 2 is 1.84 bits per heavy atom. The third-order valence-electron chi connectivity index (χ3n) is 5.59. The zero-order valence-corrected chi connectivity index (χ0v) is 16.0. The van der Waals surface area contributed by atoms with Crippen molar-refractivity contribution in [3.8, 4) is 0 Å². The van der Waals surface area contributed by atoms with E-state index in [1.54, 1.807) is 0 Å². The zero-order valence-electron chi connectivity index (χ0n) is 15.2. The number of halogens is 1. The second-order valence-corrected chi connectivity index (χ2v) is 7.18. The Morgan fingerprint density at radius 3 is 2.60 bits per heavy atom. The largest absolute Gasteiger partial charge is 0.337 e. The highest BCUT2D eigenvalue weighted by molar-refractivity contribution is 5.98. The second kappa shape index (κ2) is 8.81. The maximum absolute atomic E-state index is 12.5. The SMILES string of the molecule is CC1NCCN(C(=O)CCC(=O)c2ccc3c(c2)CCCC3)C1C.Cl. The summed E-state index contributed by atoms with van der Waals surface area (Å²) in [7, 11) is 0. The summed E-state index contributed by atoms with van der Waals surface area (Å²) >= 11 is 0. The first-order valence-corrected chi connectivity index (χ1v) is 9.24. The average molecular weight is 365 g/mol. The van der Waals surface area contributed by atoms with Crippen LogP contribution in [-0.4, -0.2) is 41.8 Å². The fourth-order valence-corrected chi connectivity index (χ4v) is 3.82. The number of ketones is 1. The molecule has 2 unspecified atom stereocenters. The van der Waals surface area contributed by atoms with Crippen LogP contribution in [0.1, 0.15) is 61.0 Å². The van der Waals surface area contributed by atoms with E-state index < -0.39 is 0 Å². The molecular formula is C20H29ClN2O2. The molecule has 1 amide bonds. The molecule has 138 valence electrons. The predicted molar refractivity (Wildman–Crippen MR) is 103 cm³/mol. The van der Waals surface area contributed by atoms with E-state index in [1.807, 2.05) is 11.0 Å². The van der Waals surface area contributed by atoms with Gasteiger partial charge in [0.1, 0.15) is 0 Å². The Labute approximate surface area is 156 Å². The average Bonchev–Trinajstić information content (AvgIpc) is 2.61. The minimum absolute atomic E-state index is 0.